The Labute approximate surface area is 115 Å². The predicted octanol–water partition coefficient (Wildman–Crippen LogP) is 1.91. The molecule has 4 rings (SSSR count). The van der Waals surface area contributed by atoms with Gasteiger partial charge in [-0.1, -0.05) is 18.2 Å². The number of hydrogen-bond donors (Lipinski definition) is 2. The van der Waals surface area contributed by atoms with Crippen molar-refractivity contribution in [2.75, 3.05) is 11.2 Å². The first kappa shape index (κ1) is 11.0. The molecule has 2 heterocycles. The highest BCUT2D eigenvalue weighted by Crippen LogP contribution is 2.34. The maximum atomic E-state index is 11.6. The Hall–Kier alpha value is -2.82. The van der Waals surface area contributed by atoms with Crippen molar-refractivity contribution in [2.45, 2.75) is 6.42 Å². The number of nitrogens with two attached hydrogens (primary N) is 1. The van der Waals surface area contributed by atoms with Crippen LogP contribution in [0.2, 0.25) is 0 Å². The van der Waals surface area contributed by atoms with E-state index in [1.165, 1.54) is 4.79 Å². The lowest BCUT2D eigenvalue weighted by Gasteiger charge is -2.07. The van der Waals surface area contributed by atoms with Crippen molar-refractivity contribution in [3.05, 3.63) is 48.2 Å². The quantitative estimate of drug-likeness (QED) is 0.659. The lowest BCUT2D eigenvalue weighted by Crippen LogP contribution is -2.08. The first-order valence-corrected chi connectivity index (χ1v) is 6.37. The number of anilines is 1. The third-order valence-corrected chi connectivity index (χ3v) is 3.69. The van der Waals surface area contributed by atoms with E-state index in [1.54, 1.807) is 6.20 Å². The van der Waals surface area contributed by atoms with Gasteiger partial charge in [0.15, 0.2) is 0 Å². The van der Waals surface area contributed by atoms with Crippen molar-refractivity contribution in [3.8, 4) is 11.1 Å². The van der Waals surface area contributed by atoms with Gasteiger partial charge in [0.25, 0.3) is 0 Å². The van der Waals surface area contributed by atoms with Crippen LogP contribution in [0.25, 0.3) is 22.0 Å². The molecule has 3 aromatic rings. The molecule has 0 spiro atoms. The number of carbonyl (C=O) groups is 1. The lowest BCUT2D eigenvalue weighted by atomic mass is 9.97. The molecule has 1 aromatic heterocycles. The second kappa shape index (κ2) is 3.84. The Morgan fingerprint density at radius 1 is 1.25 bits per heavy atom. The van der Waals surface area contributed by atoms with Crippen LogP contribution in [0, 0.1) is 0 Å². The minimum Gasteiger partial charge on any atom is -0.326 e. The van der Waals surface area contributed by atoms with Crippen molar-refractivity contribution >= 4 is 22.5 Å². The Bertz CT molecular complexity index is 850. The Kier molecular flexibility index (Phi) is 2.12. The van der Waals surface area contributed by atoms with Gasteiger partial charge < -0.3 is 11.2 Å². The summed E-state index contributed by atoms with van der Waals surface area (Å²) in [5, 5.41) is 7.90. The molecule has 1 aliphatic heterocycles. The van der Waals surface area contributed by atoms with Gasteiger partial charge >= 0.3 is 0 Å². The van der Waals surface area contributed by atoms with Crippen LogP contribution in [0.5, 0.6) is 0 Å². The molecule has 0 radical (unpaired) electrons. The first-order chi connectivity index (χ1) is 9.72. The number of amides is 1. The summed E-state index contributed by atoms with van der Waals surface area (Å²) in [5.41, 5.74) is 4.99. The van der Waals surface area contributed by atoms with Gasteiger partial charge in [0.05, 0.1) is 18.1 Å². The van der Waals surface area contributed by atoms with Gasteiger partial charge in [0, 0.05) is 11.1 Å². The molecule has 0 aliphatic carbocycles. The van der Waals surface area contributed by atoms with Gasteiger partial charge in [-0.25, -0.2) is 0 Å². The van der Waals surface area contributed by atoms with Crippen LogP contribution < -0.4 is 11.2 Å². The number of aromatic nitrogens is 2. The van der Waals surface area contributed by atoms with E-state index in [0.29, 0.717) is 6.42 Å². The average molecular weight is 264 g/mol. The molecule has 0 saturated carbocycles. The van der Waals surface area contributed by atoms with Gasteiger partial charge in [-0.3, -0.25) is 4.79 Å². The summed E-state index contributed by atoms with van der Waals surface area (Å²) in [5.74, 6) is 5.77. The minimum atomic E-state index is 0.0447. The highest BCUT2D eigenvalue weighted by molar-refractivity contribution is 6.02. The molecule has 0 saturated heterocycles. The van der Waals surface area contributed by atoms with Crippen LogP contribution in [0.1, 0.15) is 5.56 Å². The predicted molar refractivity (Wildman–Crippen MR) is 77.7 cm³/mol. The summed E-state index contributed by atoms with van der Waals surface area (Å²) >= 11 is 0. The summed E-state index contributed by atoms with van der Waals surface area (Å²) in [6, 6.07) is 11.9. The first-order valence-electron chi connectivity index (χ1n) is 6.37. The van der Waals surface area contributed by atoms with E-state index in [9.17, 15) is 4.79 Å². The number of hydrogen-bond acceptors (Lipinski definition) is 3. The summed E-state index contributed by atoms with van der Waals surface area (Å²) in [7, 11) is 0. The van der Waals surface area contributed by atoms with Crippen LogP contribution in [-0.2, 0) is 11.2 Å². The molecule has 5 heteroatoms. The molecule has 0 bridgehead atoms. The monoisotopic (exact) mass is 264 g/mol. The standard InChI is InChI=1S/C15H12N4O/c16-19-14-5-4-9(6-10(14)8-17-19)11-2-1-3-13-12(11)7-15(20)18-13/h1-6,8H,7,16H2,(H,18,20). The topological polar surface area (TPSA) is 72.9 Å². The highest BCUT2D eigenvalue weighted by Gasteiger charge is 2.21. The van der Waals surface area contributed by atoms with Crippen LogP contribution in [0.15, 0.2) is 42.6 Å². The molecule has 5 nitrogen and oxygen atoms in total. The fraction of sp³-hybridized carbons (Fsp3) is 0.0667. The average Bonchev–Trinajstić information content (AvgIpc) is 3.00. The molecule has 0 fully saturated rings. The molecular formula is C15H12N4O. The highest BCUT2D eigenvalue weighted by atomic mass is 16.1. The maximum Gasteiger partial charge on any atom is 0.228 e. The third-order valence-electron chi connectivity index (χ3n) is 3.69. The molecule has 1 amide bonds. The van der Waals surface area contributed by atoms with Gasteiger partial charge in [0.1, 0.15) is 0 Å². The Morgan fingerprint density at radius 2 is 2.15 bits per heavy atom. The van der Waals surface area contributed by atoms with E-state index in [4.69, 9.17) is 5.84 Å². The Balaban J connectivity index is 1.92. The largest absolute Gasteiger partial charge is 0.326 e. The molecule has 1 aliphatic rings. The summed E-state index contributed by atoms with van der Waals surface area (Å²) < 4.78 is 0. The van der Waals surface area contributed by atoms with E-state index >= 15 is 0 Å². The summed E-state index contributed by atoms with van der Waals surface area (Å²) in [6.45, 7) is 0. The van der Waals surface area contributed by atoms with Gasteiger partial charge in [-0.2, -0.15) is 9.89 Å². The van der Waals surface area contributed by atoms with Crippen molar-refractivity contribution in [1.82, 2.24) is 9.89 Å². The fourth-order valence-corrected chi connectivity index (χ4v) is 2.74. The van der Waals surface area contributed by atoms with E-state index in [-0.39, 0.29) is 5.91 Å². The smallest absolute Gasteiger partial charge is 0.228 e. The number of rotatable bonds is 1. The zero-order valence-corrected chi connectivity index (χ0v) is 10.6. The van der Waals surface area contributed by atoms with Gasteiger partial charge in [-0.05, 0) is 34.9 Å². The van der Waals surface area contributed by atoms with Crippen molar-refractivity contribution < 1.29 is 4.79 Å². The lowest BCUT2D eigenvalue weighted by molar-refractivity contribution is -0.115. The second-order valence-electron chi connectivity index (χ2n) is 4.92. The van der Waals surface area contributed by atoms with Crippen LogP contribution >= 0.6 is 0 Å². The minimum absolute atomic E-state index is 0.0447. The maximum absolute atomic E-state index is 11.6. The van der Waals surface area contributed by atoms with Gasteiger partial charge in [0.2, 0.25) is 5.91 Å². The zero-order valence-electron chi connectivity index (χ0n) is 10.6. The SMILES string of the molecule is Nn1ncc2cc(-c3cccc4c3CC(=O)N4)ccc21. The number of nitrogens with one attached hydrogen (secondary N) is 1. The molecule has 0 unspecified atom stereocenters. The number of nitrogen functional groups attached to an aromatic ring is 1. The second-order valence-corrected chi connectivity index (χ2v) is 4.92. The fourth-order valence-electron chi connectivity index (χ4n) is 2.74. The van der Waals surface area contributed by atoms with Crippen LogP contribution in [0.4, 0.5) is 5.69 Å². The van der Waals surface area contributed by atoms with Gasteiger partial charge in [-0.15, -0.1) is 0 Å². The number of fused-ring (bicyclic) bond motifs is 2. The van der Waals surface area contributed by atoms with Crippen LogP contribution in [0.3, 0.4) is 0 Å². The van der Waals surface area contributed by atoms with Crippen molar-refractivity contribution in [1.29, 1.82) is 0 Å². The number of carbonyl (C=O) groups excluding carboxylic acids is 1. The van der Waals surface area contributed by atoms with E-state index in [2.05, 4.69) is 10.4 Å². The van der Waals surface area contributed by atoms with Crippen molar-refractivity contribution in [3.63, 3.8) is 0 Å². The number of benzene rings is 2. The van der Waals surface area contributed by atoms with E-state index in [1.807, 2.05) is 36.4 Å². The molecule has 0 atom stereocenters. The van der Waals surface area contributed by atoms with E-state index in [0.717, 1.165) is 33.3 Å². The summed E-state index contributed by atoms with van der Waals surface area (Å²) in [4.78, 5) is 12.9. The normalized spacial score (nSPS) is 13.5. The van der Waals surface area contributed by atoms with Crippen molar-refractivity contribution in [2.24, 2.45) is 0 Å². The molecule has 98 valence electrons. The number of nitrogens with zero attached hydrogens (tertiary/aromatic N) is 2. The Morgan fingerprint density at radius 3 is 3.05 bits per heavy atom. The third kappa shape index (κ3) is 1.50. The van der Waals surface area contributed by atoms with Crippen LogP contribution in [-0.4, -0.2) is 15.8 Å². The zero-order chi connectivity index (χ0) is 13.7. The summed E-state index contributed by atoms with van der Waals surface area (Å²) in [6.07, 6.45) is 2.17. The van der Waals surface area contributed by atoms with E-state index < -0.39 is 0 Å². The molecular weight excluding hydrogens is 252 g/mol. The molecule has 3 N–H and O–H groups in total. The molecule has 20 heavy (non-hydrogen) atoms. The molecule has 2 aromatic carbocycles.